The molecule has 2 amide bonds. The first-order valence-electron chi connectivity index (χ1n) is 12.8. The number of anilines is 1. The number of carboxylic acid groups (broad SMARTS) is 1. The summed E-state index contributed by atoms with van der Waals surface area (Å²) in [6.45, 7) is 3.62. The minimum atomic E-state index is -0.971. The van der Waals surface area contributed by atoms with Crippen molar-refractivity contribution in [3.05, 3.63) is 53.9 Å². The Morgan fingerprint density at radius 2 is 1.69 bits per heavy atom. The molecule has 1 aromatic carbocycles. The molecule has 0 unspecified atom stereocenters. The molecule has 1 saturated heterocycles. The predicted octanol–water partition coefficient (Wildman–Crippen LogP) is 4.05. The first-order valence-corrected chi connectivity index (χ1v) is 12.8. The lowest BCUT2D eigenvalue weighted by Gasteiger charge is -2.34. The highest BCUT2D eigenvalue weighted by Gasteiger charge is 2.23. The van der Waals surface area contributed by atoms with Crippen LogP contribution in [-0.2, 0) is 11.2 Å². The Morgan fingerprint density at radius 1 is 0.972 bits per heavy atom. The molecule has 2 heterocycles. The van der Waals surface area contributed by atoms with Crippen molar-refractivity contribution in [2.24, 2.45) is 5.92 Å². The van der Waals surface area contributed by atoms with E-state index >= 15 is 0 Å². The summed E-state index contributed by atoms with van der Waals surface area (Å²) >= 11 is 0. The Balaban J connectivity index is 1.15. The molecule has 0 radical (unpaired) electrons. The molecule has 36 heavy (non-hydrogen) atoms. The first kappa shape index (κ1) is 25.6. The summed E-state index contributed by atoms with van der Waals surface area (Å²) in [5.74, 6) is -0.345. The van der Waals surface area contributed by atoms with Gasteiger partial charge in [0.15, 0.2) is 0 Å². The number of rotatable bonds is 8. The maximum Gasteiger partial charge on any atom is 0.415 e. The molecular formula is C27H34N4O5. The molecule has 192 valence electrons. The fourth-order valence-electron chi connectivity index (χ4n) is 4.72. The number of hydrogen-bond donors (Lipinski definition) is 2. The quantitative estimate of drug-likeness (QED) is 0.569. The molecule has 2 fully saturated rings. The average Bonchev–Trinajstić information content (AvgIpc) is 2.91. The van der Waals surface area contributed by atoms with Crippen LogP contribution in [0.5, 0.6) is 5.75 Å². The Morgan fingerprint density at radius 3 is 2.33 bits per heavy atom. The van der Waals surface area contributed by atoms with Gasteiger partial charge >= 0.3 is 12.1 Å². The topological polar surface area (TPSA) is 112 Å². The van der Waals surface area contributed by atoms with Crippen LogP contribution in [0.3, 0.4) is 0 Å². The number of nitrogens with zero attached hydrogens (tertiary/aromatic N) is 3. The zero-order chi connectivity index (χ0) is 25.3. The lowest BCUT2D eigenvalue weighted by molar-refractivity contribution is -0.120. The number of aryl methyl sites for hydroxylation is 1. The van der Waals surface area contributed by atoms with E-state index in [0.717, 1.165) is 63.9 Å². The van der Waals surface area contributed by atoms with Crippen molar-refractivity contribution >= 4 is 23.7 Å². The highest BCUT2D eigenvalue weighted by molar-refractivity contribution is 5.92. The Hall–Kier alpha value is -3.46. The summed E-state index contributed by atoms with van der Waals surface area (Å²) < 4.78 is 5.54. The molecule has 2 N–H and O–H groups in total. The smallest absolute Gasteiger partial charge is 0.415 e. The third kappa shape index (κ3) is 7.27. The zero-order valence-corrected chi connectivity index (χ0v) is 20.5. The Kier molecular flexibility index (Phi) is 8.89. The van der Waals surface area contributed by atoms with Crippen molar-refractivity contribution in [3.8, 4) is 5.75 Å². The van der Waals surface area contributed by atoms with E-state index in [1.54, 1.807) is 41.3 Å². The van der Waals surface area contributed by atoms with E-state index < -0.39 is 5.97 Å². The van der Waals surface area contributed by atoms with Gasteiger partial charge in [-0.25, -0.2) is 9.59 Å². The molecule has 4 rings (SSSR count). The molecule has 1 aliphatic heterocycles. The number of aromatic carboxylic acids is 1. The van der Waals surface area contributed by atoms with Crippen LogP contribution >= 0.6 is 0 Å². The minimum absolute atomic E-state index is 0.0738. The number of hydrogen-bond acceptors (Lipinski definition) is 6. The third-order valence-corrected chi connectivity index (χ3v) is 6.91. The van der Waals surface area contributed by atoms with E-state index in [-0.39, 0.29) is 23.5 Å². The Labute approximate surface area is 211 Å². The van der Waals surface area contributed by atoms with E-state index in [9.17, 15) is 14.4 Å². The molecule has 0 atom stereocenters. The van der Waals surface area contributed by atoms with Crippen LogP contribution in [0.2, 0.25) is 0 Å². The van der Waals surface area contributed by atoms with Crippen LogP contribution in [0.15, 0.2) is 42.6 Å². The molecule has 1 aliphatic carbocycles. The van der Waals surface area contributed by atoms with Gasteiger partial charge in [0.1, 0.15) is 5.75 Å². The van der Waals surface area contributed by atoms with Crippen LogP contribution in [0, 0.1) is 5.92 Å². The van der Waals surface area contributed by atoms with Crippen LogP contribution in [0.25, 0.3) is 0 Å². The normalized spacial score (nSPS) is 16.9. The number of aromatic nitrogens is 1. The largest absolute Gasteiger partial charge is 0.478 e. The lowest BCUT2D eigenvalue weighted by Crippen LogP contribution is -2.49. The summed E-state index contributed by atoms with van der Waals surface area (Å²) in [6.07, 6.45) is 8.06. The van der Waals surface area contributed by atoms with Gasteiger partial charge in [-0.2, -0.15) is 0 Å². The second kappa shape index (κ2) is 12.5. The highest BCUT2D eigenvalue weighted by Crippen LogP contribution is 2.25. The number of nitrogens with one attached hydrogen (secondary N) is 1. The van der Waals surface area contributed by atoms with Gasteiger partial charge in [0.2, 0.25) is 5.91 Å². The number of carboxylic acids is 1. The summed E-state index contributed by atoms with van der Waals surface area (Å²) in [5.41, 5.74) is 1.79. The van der Waals surface area contributed by atoms with Gasteiger partial charge in [-0.05, 0) is 68.6 Å². The maximum absolute atomic E-state index is 12.6. The van der Waals surface area contributed by atoms with Gasteiger partial charge in [-0.15, -0.1) is 0 Å². The van der Waals surface area contributed by atoms with E-state index in [2.05, 4.69) is 15.2 Å². The number of benzene rings is 1. The number of carbonyl (C=O) groups excluding carboxylic acids is 2. The van der Waals surface area contributed by atoms with Crippen molar-refractivity contribution in [1.82, 2.24) is 14.8 Å². The van der Waals surface area contributed by atoms with Crippen molar-refractivity contribution in [2.45, 2.75) is 44.9 Å². The van der Waals surface area contributed by atoms with Gasteiger partial charge in [-0.1, -0.05) is 19.3 Å². The summed E-state index contributed by atoms with van der Waals surface area (Å²) in [4.78, 5) is 44.1. The minimum Gasteiger partial charge on any atom is -0.478 e. The lowest BCUT2D eigenvalue weighted by atomic mass is 9.88. The van der Waals surface area contributed by atoms with Crippen LogP contribution < -0.4 is 10.1 Å². The van der Waals surface area contributed by atoms with Crippen molar-refractivity contribution in [3.63, 3.8) is 0 Å². The number of pyridine rings is 1. The first-order chi connectivity index (χ1) is 17.5. The summed E-state index contributed by atoms with van der Waals surface area (Å²) in [7, 11) is 0. The zero-order valence-electron chi connectivity index (χ0n) is 20.5. The van der Waals surface area contributed by atoms with Crippen molar-refractivity contribution in [2.75, 3.05) is 38.0 Å². The molecule has 1 saturated carbocycles. The van der Waals surface area contributed by atoms with E-state index in [0.29, 0.717) is 24.5 Å². The molecule has 1 aromatic heterocycles. The molecule has 2 aliphatic rings. The number of piperazine rings is 1. The molecule has 0 spiro atoms. The van der Waals surface area contributed by atoms with Gasteiger partial charge in [-0.3, -0.25) is 14.7 Å². The third-order valence-electron chi connectivity index (χ3n) is 6.91. The fourth-order valence-corrected chi connectivity index (χ4v) is 4.72. The van der Waals surface area contributed by atoms with Crippen LogP contribution in [0.1, 0.15) is 54.6 Å². The highest BCUT2D eigenvalue weighted by atomic mass is 16.6. The van der Waals surface area contributed by atoms with Gasteiger partial charge < -0.3 is 20.1 Å². The van der Waals surface area contributed by atoms with Crippen LogP contribution in [-0.4, -0.2) is 70.6 Å². The van der Waals surface area contributed by atoms with Crippen molar-refractivity contribution in [1.29, 1.82) is 0 Å². The molecule has 9 nitrogen and oxygen atoms in total. The monoisotopic (exact) mass is 494 g/mol. The SMILES string of the molecule is O=C(O)c1ccc(CCCN2CCN(C(=O)Oc3ccc(NC(=O)C4CCCCC4)cc3)CC2)nc1. The van der Waals surface area contributed by atoms with E-state index in [4.69, 9.17) is 9.84 Å². The standard InChI is InChI=1S/C27H34N4O5/c32-25(20-5-2-1-3-6-20)29-23-10-12-24(13-11-23)36-27(35)31-17-15-30(16-18-31)14-4-7-22-9-8-21(19-28-22)26(33)34/h8-13,19-20H,1-7,14-18H2,(H,29,32)(H,33,34). The van der Waals surface area contributed by atoms with Gasteiger partial charge in [0.25, 0.3) is 0 Å². The Bertz CT molecular complexity index is 1030. The number of carbonyl (C=O) groups is 3. The summed E-state index contributed by atoms with van der Waals surface area (Å²) in [5, 5.41) is 11.9. The van der Waals surface area contributed by atoms with Gasteiger partial charge in [0.05, 0.1) is 5.56 Å². The van der Waals surface area contributed by atoms with E-state index in [1.807, 2.05) is 0 Å². The number of amides is 2. The number of ether oxygens (including phenoxy) is 1. The second-order valence-corrected chi connectivity index (χ2v) is 9.49. The molecule has 9 heteroatoms. The second-order valence-electron chi connectivity index (χ2n) is 9.49. The summed E-state index contributed by atoms with van der Waals surface area (Å²) in [6, 6.07) is 10.3. The molecular weight excluding hydrogens is 460 g/mol. The fraction of sp³-hybridized carbons (Fsp3) is 0.481. The predicted molar refractivity (Wildman–Crippen MR) is 135 cm³/mol. The van der Waals surface area contributed by atoms with Crippen molar-refractivity contribution < 1.29 is 24.2 Å². The maximum atomic E-state index is 12.6. The van der Waals surface area contributed by atoms with E-state index in [1.165, 1.54) is 12.6 Å². The average molecular weight is 495 g/mol. The molecule has 0 bridgehead atoms. The molecule has 2 aromatic rings. The van der Waals surface area contributed by atoms with Gasteiger partial charge in [0, 0.05) is 49.7 Å². The van der Waals surface area contributed by atoms with Crippen LogP contribution in [0.4, 0.5) is 10.5 Å².